The number of piperidine rings is 1. The van der Waals surface area contributed by atoms with Gasteiger partial charge in [0.1, 0.15) is 0 Å². The number of nitrogens with zero attached hydrogens (tertiary/aromatic N) is 2. The maximum Gasteiger partial charge on any atom is 0.243 e. The number of carbonyl (C=O) groups excluding carboxylic acids is 1. The third-order valence-corrected chi connectivity index (χ3v) is 8.65. The number of hydrogen-bond donors (Lipinski definition) is 1. The van der Waals surface area contributed by atoms with Crippen LogP contribution in [0.5, 0.6) is 0 Å². The van der Waals surface area contributed by atoms with E-state index >= 15 is 0 Å². The molecule has 0 aliphatic carbocycles. The minimum atomic E-state index is -3.69. The average molecular weight is 500 g/mol. The summed E-state index contributed by atoms with van der Waals surface area (Å²) in [6, 6.07) is 17.0. The van der Waals surface area contributed by atoms with Gasteiger partial charge in [-0.2, -0.15) is 4.31 Å². The molecule has 0 amide bonds. The number of sulfonamides is 1. The molecule has 2 heterocycles. The van der Waals surface area contributed by atoms with Gasteiger partial charge in [-0.15, -0.1) is 0 Å². The molecule has 8 heteroatoms. The van der Waals surface area contributed by atoms with Crippen LogP contribution in [0.2, 0.25) is 0 Å². The zero-order chi connectivity index (χ0) is 24.8. The number of nitrogens with one attached hydrogen (secondary N) is 1. The van der Waals surface area contributed by atoms with E-state index in [-0.39, 0.29) is 35.5 Å². The molecule has 2 aromatic rings. The van der Waals surface area contributed by atoms with Gasteiger partial charge >= 0.3 is 0 Å². The largest absolute Gasteiger partial charge is 0.373 e. The number of benzene rings is 2. The van der Waals surface area contributed by atoms with Crippen LogP contribution in [0.1, 0.15) is 55.1 Å². The summed E-state index contributed by atoms with van der Waals surface area (Å²) in [6.45, 7) is 7.31. The number of ether oxygens (including phenoxy) is 1. The van der Waals surface area contributed by atoms with E-state index in [0.717, 1.165) is 13.1 Å². The molecule has 0 bridgehead atoms. The van der Waals surface area contributed by atoms with Crippen molar-refractivity contribution in [1.29, 1.82) is 0 Å². The second-order valence-electron chi connectivity index (χ2n) is 9.68. The average Bonchev–Trinajstić information content (AvgIpc) is 2.87. The van der Waals surface area contributed by atoms with Crippen molar-refractivity contribution < 1.29 is 17.9 Å². The van der Waals surface area contributed by atoms with Gasteiger partial charge in [0.2, 0.25) is 10.0 Å². The summed E-state index contributed by atoms with van der Waals surface area (Å²) >= 11 is 0. The molecule has 2 aliphatic rings. The molecule has 2 fully saturated rings. The van der Waals surface area contributed by atoms with Crippen LogP contribution in [-0.2, 0) is 14.8 Å². The number of rotatable bonds is 9. The van der Waals surface area contributed by atoms with Gasteiger partial charge in [-0.3, -0.25) is 9.69 Å². The number of carbonyl (C=O) groups is 1. The van der Waals surface area contributed by atoms with Crippen LogP contribution in [-0.4, -0.2) is 74.9 Å². The monoisotopic (exact) mass is 499 g/mol. The number of Topliss-reactive ketones (excluding diaryl/α,β-unsaturated/α-hetero) is 1. The Labute approximate surface area is 209 Å². The van der Waals surface area contributed by atoms with Crippen LogP contribution in [0.15, 0.2) is 59.5 Å². The molecule has 190 valence electrons. The summed E-state index contributed by atoms with van der Waals surface area (Å²) in [5.41, 5.74) is 1.65. The zero-order valence-corrected chi connectivity index (χ0v) is 21.5. The Bertz CT molecular complexity index is 1080. The van der Waals surface area contributed by atoms with Crippen molar-refractivity contribution in [1.82, 2.24) is 14.5 Å². The maximum atomic E-state index is 13.2. The molecule has 35 heavy (non-hydrogen) atoms. The highest BCUT2D eigenvalue weighted by molar-refractivity contribution is 7.89. The molecular formula is C27H37N3O4S. The molecule has 7 nitrogen and oxygen atoms in total. The Morgan fingerprint density at radius 1 is 1.00 bits per heavy atom. The van der Waals surface area contributed by atoms with E-state index < -0.39 is 10.0 Å². The molecule has 1 N–H and O–H groups in total. The summed E-state index contributed by atoms with van der Waals surface area (Å²) in [4.78, 5) is 15.6. The van der Waals surface area contributed by atoms with E-state index in [1.807, 2.05) is 19.9 Å². The highest BCUT2D eigenvalue weighted by Gasteiger charge is 2.32. The van der Waals surface area contributed by atoms with Crippen molar-refractivity contribution >= 4 is 15.8 Å². The van der Waals surface area contributed by atoms with Gasteiger partial charge in [0, 0.05) is 31.2 Å². The van der Waals surface area contributed by atoms with Crippen LogP contribution in [0.25, 0.3) is 0 Å². The van der Waals surface area contributed by atoms with Gasteiger partial charge in [-0.05, 0) is 57.5 Å². The Morgan fingerprint density at radius 3 is 2.37 bits per heavy atom. The number of hydrogen-bond acceptors (Lipinski definition) is 6. The molecule has 3 unspecified atom stereocenters. The number of morpholine rings is 1. The molecule has 3 atom stereocenters. The second kappa shape index (κ2) is 11.8. The van der Waals surface area contributed by atoms with Crippen LogP contribution < -0.4 is 5.32 Å². The van der Waals surface area contributed by atoms with Gasteiger partial charge < -0.3 is 10.1 Å². The molecule has 0 saturated carbocycles. The van der Waals surface area contributed by atoms with E-state index in [4.69, 9.17) is 4.74 Å². The lowest BCUT2D eigenvalue weighted by Crippen LogP contribution is -2.48. The van der Waals surface area contributed by atoms with Crippen LogP contribution in [0, 0.1) is 0 Å². The van der Waals surface area contributed by atoms with Crippen molar-refractivity contribution in [2.45, 2.75) is 56.3 Å². The highest BCUT2D eigenvalue weighted by Crippen LogP contribution is 2.25. The van der Waals surface area contributed by atoms with Crippen LogP contribution >= 0.6 is 0 Å². The molecule has 0 spiro atoms. The summed E-state index contributed by atoms with van der Waals surface area (Å²) in [5, 5.41) is 3.35. The zero-order valence-electron chi connectivity index (χ0n) is 20.7. The van der Waals surface area contributed by atoms with Gasteiger partial charge in [0.25, 0.3) is 0 Å². The molecule has 2 aliphatic heterocycles. The lowest BCUT2D eigenvalue weighted by molar-refractivity contribution is -0.0440. The number of ketones is 1. The fourth-order valence-corrected chi connectivity index (χ4v) is 6.73. The van der Waals surface area contributed by atoms with E-state index in [2.05, 4.69) is 34.5 Å². The first-order valence-corrected chi connectivity index (χ1v) is 14.1. The molecule has 2 saturated heterocycles. The van der Waals surface area contributed by atoms with Gasteiger partial charge in [0.15, 0.2) is 5.78 Å². The van der Waals surface area contributed by atoms with E-state index in [0.29, 0.717) is 25.2 Å². The minimum absolute atomic E-state index is 0.115. The van der Waals surface area contributed by atoms with Gasteiger partial charge in [-0.25, -0.2) is 8.42 Å². The Balaban J connectivity index is 1.41. The summed E-state index contributed by atoms with van der Waals surface area (Å²) in [5.74, 6) is -0.115. The predicted molar refractivity (Wildman–Crippen MR) is 137 cm³/mol. The Kier molecular flexibility index (Phi) is 8.73. The lowest BCUT2D eigenvalue weighted by atomic mass is 10.0. The normalized spacial score (nSPS) is 23.1. The Morgan fingerprint density at radius 2 is 1.69 bits per heavy atom. The molecule has 2 aromatic carbocycles. The van der Waals surface area contributed by atoms with Gasteiger partial charge in [-0.1, -0.05) is 48.9 Å². The number of likely N-dealkylation sites (tertiary alicyclic amines) is 1. The fourth-order valence-electron chi connectivity index (χ4n) is 5.09. The van der Waals surface area contributed by atoms with Crippen molar-refractivity contribution in [3.8, 4) is 0 Å². The first-order chi connectivity index (χ1) is 16.8. The third-order valence-electron chi connectivity index (χ3n) is 6.82. The SMILES string of the molecule is CC1CN(S(=O)(=O)c2cccc(C(=O)CNCC(c3ccccc3)N3CCCCC3)c2)CC(C)O1. The van der Waals surface area contributed by atoms with E-state index in [1.54, 1.807) is 18.2 Å². The summed E-state index contributed by atoms with van der Waals surface area (Å²) < 4.78 is 33.6. The lowest BCUT2D eigenvalue weighted by Gasteiger charge is -2.35. The van der Waals surface area contributed by atoms with Crippen molar-refractivity contribution in [3.63, 3.8) is 0 Å². The van der Waals surface area contributed by atoms with E-state index in [9.17, 15) is 13.2 Å². The topological polar surface area (TPSA) is 79.0 Å². The molecule has 4 rings (SSSR count). The molecular weight excluding hydrogens is 462 g/mol. The second-order valence-corrected chi connectivity index (χ2v) is 11.6. The smallest absolute Gasteiger partial charge is 0.243 e. The Hall–Kier alpha value is -2.10. The van der Waals surface area contributed by atoms with Crippen molar-refractivity contribution in [2.75, 3.05) is 39.3 Å². The van der Waals surface area contributed by atoms with Crippen LogP contribution in [0.3, 0.4) is 0 Å². The van der Waals surface area contributed by atoms with Crippen LogP contribution in [0.4, 0.5) is 0 Å². The van der Waals surface area contributed by atoms with Crippen molar-refractivity contribution in [3.05, 3.63) is 65.7 Å². The van der Waals surface area contributed by atoms with Gasteiger partial charge in [0.05, 0.1) is 23.6 Å². The molecule has 0 aromatic heterocycles. The molecule has 0 radical (unpaired) electrons. The first-order valence-electron chi connectivity index (χ1n) is 12.6. The van der Waals surface area contributed by atoms with E-state index in [1.165, 1.54) is 35.2 Å². The first kappa shape index (κ1) is 26.0. The minimum Gasteiger partial charge on any atom is -0.373 e. The highest BCUT2D eigenvalue weighted by atomic mass is 32.2. The quantitative estimate of drug-likeness (QED) is 0.532. The fraction of sp³-hybridized carbons (Fsp3) is 0.519. The standard InChI is InChI=1S/C27H37N3O4S/c1-21-19-30(20-22(2)34-21)35(32,33)25-13-9-12-24(16-25)27(31)18-28-17-26(23-10-5-3-6-11-23)29-14-7-4-8-15-29/h3,5-6,9-13,16,21-22,26,28H,4,7-8,14-15,17-20H2,1-2H3. The predicted octanol–water partition coefficient (Wildman–Crippen LogP) is 3.48. The summed E-state index contributed by atoms with van der Waals surface area (Å²) in [6.07, 6.45) is 3.33. The summed E-state index contributed by atoms with van der Waals surface area (Å²) in [7, 11) is -3.69. The van der Waals surface area contributed by atoms with Crippen molar-refractivity contribution in [2.24, 2.45) is 0 Å². The maximum absolute atomic E-state index is 13.2. The third kappa shape index (κ3) is 6.57.